The van der Waals surface area contributed by atoms with Crippen LogP contribution in [0.25, 0.3) is 0 Å². The summed E-state index contributed by atoms with van der Waals surface area (Å²) >= 11 is 0. The molecule has 0 aromatic heterocycles. The lowest BCUT2D eigenvalue weighted by molar-refractivity contribution is 0.334. The van der Waals surface area contributed by atoms with Gasteiger partial charge in [0.15, 0.2) is 0 Å². The summed E-state index contributed by atoms with van der Waals surface area (Å²) in [7, 11) is 1.59. The summed E-state index contributed by atoms with van der Waals surface area (Å²) in [6, 6.07) is 5.61. The number of alkyl halides is 1. The van der Waals surface area contributed by atoms with Crippen molar-refractivity contribution in [2.75, 3.05) is 7.11 Å². The van der Waals surface area contributed by atoms with E-state index in [0.29, 0.717) is 11.3 Å². The van der Waals surface area contributed by atoms with E-state index in [9.17, 15) is 4.39 Å². The number of para-hydroxylation sites is 1. The highest BCUT2D eigenvalue weighted by Gasteiger charge is 2.34. The fourth-order valence-electron chi connectivity index (χ4n) is 2.76. The number of methoxy groups -OCH3 is 1. The Bertz CT molecular complexity index is 397. The zero-order valence-corrected chi connectivity index (χ0v) is 10.5. The van der Waals surface area contributed by atoms with Crippen molar-refractivity contribution in [3.8, 4) is 5.75 Å². The molecular weight excluding hydrogens is 217 g/mol. The highest BCUT2D eigenvalue weighted by atomic mass is 19.1. The molecule has 0 aliphatic heterocycles. The van der Waals surface area contributed by atoms with E-state index in [4.69, 9.17) is 10.5 Å². The Morgan fingerprint density at radius 1 is 1.35 bits per heavy atom. The lowest BCUT2D eigenvalue weighted by Gasteiger charge is -2.27. The Labute approximate surface area is 102 Å². The number of ether oxygens (including phenoxy) is 1. The molecule has 0 saturated heterocycles. The van der Waals surface area contributed by atoms with Crippen molar-refractivity contribution in [3.63, 3.8) is 0 Å². The maximum Gasteiger partial charge on any atom is 0.130 e. The number of nitrogens with two attached hydrogens (primary N) is 1. The van der Waals surface area contributed by atoms with Crippen molar-refractivity contribution in [2.45, 2.75) is 44.3 Å². The van der Waals surface area contributed by atoms with Crippen molar-refractivity contribution < 1.29 is 9.13 Å². The second-order valence-electron chi connectivity index (χ2n) is 4.91. The van der Waals surface area contributed by atoms with Crippen LogP contribution in [0.3, 0.4) is 0 Å². The molecule has 94 valence electrons. The van der Waals surface area contributed by atoms with Crippen LogP contribution in [-0.2, 0) is 5.54 Å². The average Bonchev–Trinajstić information content (AvgIpc) is 2.76. The van der Waals surface area contributed by atoms with Crippen LogP contribution < -0.4 is 10.5 Å². The predicted octanol–water partition coefficient (Wildman–Crippen LogP) is 3.45. The second kappa shape index (κ2) is 4.65. The van der Waals surface area contributed by atoms with E-state index in [-0.39, 0.29) is 5.54 Å². The van der Waals surface area contributed by atoms with Crippen LogP contribution in [0.4, 0.5) is 4.39 Å². The summed E-state index contributed by atoms with van der Waals surface area (Å²) in [4.78, 5) is 0. The first kappa shape index (κ1) is 12.4. The minimum atomic E-state index is -1.03. The quantitative estimate of drug-likeness (QED) is 0.873. The standard InChI is InChI=1S/C14H20FNO/c1-10(15)11-6-5-7-12(13(11)17-2)14(16)8-3-4-9-14/h5-7,10H,3-4,8-9,16H2,1-2H3. The molecule has 1 saturated carbocycles. The molecule has 1 aromatic rings. The van der Waals surface area contributed by atoms with Crippen LogP contribution in [-0.4, -0.2) is 7.11 Å². The number of hydrogen-bond donors (Lipinski definition) is 1. The molecule has 2 N–H and O–H groups in total. The average molecular weight is 237 g/mol. The fraction of sp³-hybridized carbons (Fsp3) is 0.571. The number of benzene rings is 1. The van der Waals surface area contributed by atoms with Crippen molar-refractivity contribution in [2.24, 2.45) is 5.73 Å². The van der Waals surface area contributed by atoms with Gasteiger partial charge in [-0.15, -0.1) is 0 Å². The zero-order chi connectivity index (χ0) is 12.5. The van der Waals surface area contributed by atoms with Crippen molar-refractivity contribution in [3.05, 3.63) is 29.3 Å². The molecule has 1 atom stereocenters. The first-order valence-electron chi connectivity index (χ1n) is 6.19. The summed E-state index contributed by atoms with van der Waals surface area (Å²) in [6.07, 6.45) is 3.14. The Kier molecular flexibility index (Phi) is 3.38. The van der Waals surface area contributed by atoms with Crippen LogP contribution in [0.1, 0.15) is 49.9 Å². The van der Waals surface area contributed by atoms with E-state index >= 15 is 0 Å². The summed E-state index contributed by atoms with van der Waals surface area (Å²) in [6.45, 7) is 1.53. The number of halogens is 1. The minimum absolute atomic E-state index is 0.337. The van der Waals surface area contributed by atoms with Gasteiger partial charge in [0.05, 0.1) is 7.11 Å². The van der Waals surface area contributed by atoms with Gasteiger partial charge in [-0.05, 0) is 19.8 Å². The van der Waals surface area contributed by atoms with Crippen LogP contribution in [0.2, 0.25) is 0 Å². The largest absolute Gasteiger partial charge is 0.496 e. The molecule has 0 heterocycles. The molecule has 0 amide bonds. The first-order valence-corrected chi connectivity index (χ1v) is 6.19. The Morgan fingerprint density at radius 3 is 2.53 bits per heavy atom. The van der Waals surface area contributed by atoms with Gasteiger partial charge < -0.3 is 10.5 Å². The summed E-state index contributed by atoms with van der Waals surface area (Å²) in [5, 5.41) is 0. The lowest BCUT2D eigenvalue weighted by Crippen LogP contribution is -2.33. The molecule has 0 bridgehead atoms. The molecule has 2 rings (SSSR count). The molecule has 2 nitrogen and oxygen atoms in total. The normalized spacial score (nSPS) is 20.2. The van der Waals surface area contributed by atoms with Crippen LogP contribution in [0.15, 0.2) is 18.2 Å². The maximum absolute atomic E-state index is 13.6. The van der Waals surface area contributed by atoms with Crippen LogP contribution >= 0.6 is 0 Å². The molecule has 3 heteroatoms. The van der Waals surface area contributed by atoms with E-state index in [1.54, 1.807) is 13.2 Å². The third kappa shape index (κ3) is 2.16. The van der Waals surface area contributed by atoms with Gasteiger partial charge in [-0.25, -0.2) is 4.39 Å². The van der Waals surface area contributed by atoms with Crippen molar-refractivity contribution in [1.29, 1.82) is 0 Å². The lowest BCUT2D eigenvalue weighted by atomic mass is 9.87. The maximum atomic E-state index is 13.6. The van der Waals surface area contributed by atoms with Gasteiger partial charge >= 0.3 is 0 Å². The molecule has 0 radical (unpaired) electrons. The third-order valence-corrected chi connectivity index (χ3v) is 3.71. The number of hydrogen-bond acceptors (Lipinski definition) is 2. The summed E-state index contributed by atoms with van der Waals surface area (Å²) in [5.74, 6) is 0.631. The van der Waals surface area contributed by atoms with E-state index in [0.717, 1.165) is 31.2 Å². The van der Waals surface area contributed by atoms with Crippen molar-refractivity contribution >= 4 is 0 Å². The highest BCUT2D eigenvalue weighted by molar-refractivity contribution is 5.46. The Morgan fingerprint density at radius 2 is 2.00 bits per heavy atom. The monoisotopic (exact) mass is 237 g/mol. The summed E-state index contributed by atoms with van der Waals surface area (Å²) in [5.41, 5.74) is 7.64. The molecule has 1 aliphatic carbocycles. The van der Waals surface area contributed by atoms with Gasteiger partial charge in [-0.2, -0.15) is 0 Å². The fourth-order valence-corrected chi connectivity index (χ4v) is 2.76. The van der Waals surface area contributed by atoms with E-state index in [1.807, 2.05) is 12.1 Å². The summed E-state index contributed by atoms with van der Waals surface area (Å²) < 4.78 is 18.9. The smallest absolute Gasteiger partial charge is 0.130 e. The molecule has 1 unspecified atom stereocenters. The van der Waals surface area contributed by atoms with Crippen LogP contribution in [0.5, 0.6) is 5.75 Å². The second-order valence-corrected chi connectivity index (χ2v) is 4.91. The Hall–Kier alpha value is -1.09. The molecular formula is C14H20FNO. The first-order chi connectivity index (χ1) is 8.08. The predicted molar refractivity (Wildman–Crippen MR) is 66.9 cm³/mol. The van der Waals surface area contributed by atoms with E-state index < -0.39 is 6.17 Å². The molecule has 1 aliphatic rings. The van der Waals surface area contributed by atoms with E-state index in [1.165, 1.54) is 6.92 Å². The molecule has 1 fully saturated rings. The van der Waals surface area contributed by atoms with Gasteiger partial charge in [0, 0.05) is 16.7 Å². The zero-order valence-electron chi connectivity index (χ0n) is 10.5. The SMILES string of the molecule is COc1c(C(C)F)cccc1C1(N)CCCC1. The topological polar surface area (TPSA) is 35.2 Å². The molecule has 0 spiro atoms. The highest BCUT2D eigenvalue weighted by Crippen LogP contribution is 2.43. The van der Waals surface area contributed by atoms with Gasteiger partial charge in [-0.1, -0.05) is 31.0 Å². The van der Waals surface area contributed by atoms with Crippen molar-refractivity contribution in [1.82, 2.24) is 0 Å². The van der Waals surface area contributed by atoms with E-state index in [2.05, 4.69) is 0 Å². The minimum Gasteiger partial charge on any atom is -0.496 e. The van der Waals surface area contributed by atoms with Gasteiger partial charge in [0.25, 0.3) is 0 Å². The van der Waals surface area contributed by atoms with Crippen LogP contribution in [0, 0.1) is 0 Å². The number of rotatable bonds is 3. The molecule has 1 aromatic carbocycles. The van der Waals surface area contributed by atoms with Gasteiger partial charge in [0.1, 0.15) is 11.9 Å². The molecule has 17 heavy (non-hydrogen) atoms. The third-order valence-electron chi connectivity index (χ3n) is 3.71. The van der Waals surface area contributed by atoms with Gasteiger partial charge in [-0.3, -0.25) is 0 Å². The van der Waals surface area contributed by atoms with Gasteiger partial charge in [0.2, 0.25) is 0 Å². The Balaban J connectivity index is 2.50.